The van der Waals surface area contributed by atoms with Gasteiger partial charge < -0.3 is 33.9 Å². The minimum atomic E-state index is -0.807. The van der Waals surface area contributed by atoms with Crippen molar-refractivity contribution in [2.75, 3.05) is 45.2 Å². The highest BCUT2D eigenvalue weighted by atomic mass is 32.1. The first-order valence-corrected chi connectivity index (χ1v) is 38.5. The number of carbonyl (C=O) groups is 15. The van der Waals surface area contributed by atoms with E-state index in [0.717, 1.165) is 72.4 Å². The fraction of sp³-hybridized carbons (Fsp3) is 0.159. The number of para-hydroxylation sites is 1. The number of hydrogen-bond donors (Lipinski definition) is 16. The summed E-state index contributed by atoms with van der Waals surface area (Å²) in [4.78, 5) is 242. The van der Waals surface area contributed by atoms with Crippen molar-refractivity contribution in [3.63, 3.8) is 0 Å². The quantitative estimate of drug-likeness (QED) is 0.0353. The van der Waals surface area contributed by atoms with Crippen LogP contribution in [0, 0.1) is 0 Å². The van der Waals surface area contributed by atoms with Crippen LogP contribution in [-0.2, 0) is 62.0 Å². The number of carbonyl (C=O) groups excluding carboxylic acids is 15. The molecule has 5 saturated heterocycles. The van der Waals surface area contributed by atoms with E-state index in [0.29, 0.717) is 28.6 Å². The number of anilines is 1. The minimum absolute atomic E-state index is 0.0201. The topological polar surface area (TPSA) is 624 Å². The Morgan fingerprint density at radius 1 is 0.457 bits per heavy atom. The van der Waals surface area contributed by atoms with Crippen LogP contribution < -0.4 is 85.3 Å². The number of fused-ring (bicyclic) bond motifs is 1. The molecule has 7 aliphatic heterocycles. The molecule has 5 aromatic heterocycles. The van der Waals surface area contributed by atoms with Crippen LogP contribution in [0.15, 0.2) is 195 Å². The Hall–Kier alpha value is -17.4. The van der Waals surface area contributed by atoms with Crippen LogP contribution >= 0.6 is 11.3 Å². The van der Waals surface area contributed by atoms with Gasteiger partial charge in [0.2, 0.25) is 11.8 Å². The number of aromatic nitrogens is 7. The van der Waals surface area contributed by atoms with E-state index < -0.39 is 123 Å². The Bertz CT molecular complexity index is 6090. The van der Waals surface area contributed by atoms with Crippen LogP contribution in [0.2, 0.25) is 0 Å². The number of ether oxygens (including phenoxy) is 1. The predicted octanol–water partition coefficient (Wildman–Crippen LogP) is 2.40. The summed E-state index contributed by atoms with van der Waals surface area (Å²) in [7, 11) is 7.69. The maximum absolute atomic E-state index is 11.7. The van der Waals surface area contributed by atoms with Crippen LogP contribution in [-0.4, -0.2) is 197 Å². The predicted molar refractivity (Wildman–Crippen MR) is 462 cm³/mol. The molecule has 654 valence electrons. The summed E-state index contributed by atoms with van der Waals surface area (Å²) in [5.74, 6) is -6.91. The van der Waals surface area contributed by atoms with E-state index in [9.17, 15) is 101 Å². The van der Waals surface area contributed by atoms with Crippen molar-refractivity contribution in [3.05, 3.63) is 241 Å². The smallest absolute Gasteiger partial charge is 0.328 e. The van der Waals surface area contributed by atoms with Gasteiger partial charge in [-0.1, -0.05) is 56.3 Å². The van der Waals surface area contributed by atoms with Gasteiger partial charge in [-0.2, -0.15) is 0 Å². The molecule has 8 aromatic rings. The van der Waals surface area contributed by atoms with Crippen molar-refractivity contribution in [2.24, 2.45) is 29.1 Å². The summed E-state index contributed by atoms with van der Waals surface area (Å²) >= 11 is 1.29. The zero-order valence-electron chi connectivity index (χ0n) is 67.8. The molecule has 5 fully saturated rings. The zero-order chi connectivity index (χ0) is 92.1. The molecule has 127 heavy (non-hydrogen) atoms. The van der Waals surface area contributed by atoms with Gasteiger partial charge in [-0.3, -0.25) is 136 Å². The molecule has 0 radical (unpaired) electrons. The summed E-state index contributed by atoms with van der Waals surface area (Å²) in [6.07, 6.45) is 25.9. The van der Waals surface area contributed by atoms with E-state index >= 15 is 0 Å². The van der Waals surface area contributed by atoms with Crippen molar-refractivity contribution in [3.8, 4) is 17.5 Å². The largest absolute Gasteiger partial charge is 0.494 e. The summed E-state index contributed by atoms with van der Waals surface area (Å²) < 4.78 is 9.27. The second-order valence-corrected chi connectivity index (χ2v) is 27.8. The first-order valence-electron chi connectivity index (χ1n) is 37.7. The number of nitrogens with zero attached hydrogens (tertiary/aromatic N) is 8. The average Bonchev–Trinajstić information content (AvgIpc) is 1.65. The van der Waals surface area contributed by atoms with Crippen molar-refractivity contribution < 1.29 is 86.9 Å². The number of rotatable bonds is 17. The van der Waals surface area contributed by atoms with E-state index in [4.69, 9.17) is 4.74 Å². The maximum Gasteiger partial charge on any atom is 0.328 e. The monoisotopic (exact) mass is 1750 g/mol. The Balaban J connectivity index is 0.000000169. The fourth-order valence-electron chi connectivity index (χ4n) is 11.4. The Morgan fingerprint density at radius 3 is 1.31 bits per heavy atom. The number of aliphatic imine (C=N–C) groups is 3. The molecular weight excluding hydrogens is 1680 g/mol. The number of allylic oxidation sites excluding steroid dienone is 2. The maximum atomic E-state index is 11.7. The van der Waals surface area contributed by atoms with Crippen molar-refractivity contribution in [1.29, 1.82) is 0 Å². The van der Waals surface area contributed by atoms with Gasteiger partial charge in [0.25, 0.3) is 70.2 Å². The molecule has 0 bridgehead atoms. The van der Waals surface area contributed by atoms with E-state index in [-0.39, 0.29) is 44.8 Å². The van der Waals surface area contributed by atoms with E-state index in [1.807, 2.05) is 138 Å². The molecule has 0 atom stereocenters. The van der Waals surface area contributed by atoms with Crippen molar-refractivity contribution >= 4 is 178 Å². The van der Waals surface area contributed by atoms with Gasteiger partial charge >= 0.3 is 41.5 Å². The molecular formula is C82H78N22O22S. The highest BCUT2D eigenvalue weighted by Crippen LogP contribution is 2.25. The number of nitrogens with one attached hydrogen (secondary N) is 14. The van der Waals surface area contributed by atoms with Crippen LogP contribution in [0.25, 0.3) is 53.4 Å². The number of aromatic amines is 4. The standard InChI is InChI=1S/C17H21N3O3.C16H19N3O4.C14H11N3O3.C10H9N3O3.C9H7N3O3.C8H6N4O3.C8H5N3O3S/c1-3-9-20(10-4-2)13-7-5-12(6-8-13)11-14-15(21)18-17(23)19-16(14)22;1-19(2)8-3-9-23-12-6-4-11(5-7-12)10-13-14(20)17-16(22)18-15(13)21;1-17-7-8(9-4-2-3-5-11(9)17)6-10-12(18)15-14(20)16-13(10)19;1-13-4-2-3-6(13)5-7-8(14)11-10(16)12-9(7)15;13-7-6(4-5-2-1-3-10-5)8(14)12-9(15)11-7;13-6-4(3-5-9-1-2-10-5)7(14)12-8(15)11-6;12-6-4(3-5-9-1-2-15-5)7(13)11-8(14)10-6/h5-8,11H,3-4,9-10H2,1-2H3,(H2,18,19,21,22,23);4-7,10H,3,8-9H2,1-2H3,(H2,17,18,20,21,22);2-7H,1H3,(H2,15,16,18,19,20);2-5H,1H3,(H2,11,12,14,15,16);1-4H,(H3,11,12,13,14,15);1-3H,(H3,11,12,13,14,15);1-3H,(H2,10,11,12,13,14). The number of aromatic hydroxyl groups is 2. The second kappa shape index (κ2) is 44.2. The molecule has 16 N–H and O–H groups in total. The third-order valence-electron chi connectivity index (χ3n) is 17.2. The number of benzene rings is 3. The number of urea groups is 5. The number of H-pyrrole nitrogens is 4. The highest BCUT2D eigenvalue weighted by Gasteiger charge is 2.32. The highest BCUT2D eigenvalue weighted by molar-refractivity contribution is 7.10. The number of thiazole rings is 1. The normalized spacial score (nSPS) is 15.0. The lowest BCUT2D eigenvalue weighted by Gasteiger charge is -2.23. The molecule has 44 nitrogen and oxygen atoms in total. The number of aryl methyl sites for hydroxylation is 2. The van der Waals surface area contributed by atoms with E-state index in [1.165, 1.54) is 66.3 Å². The number of hydrogen-bond acceptors (Lipinski definition) is 29. The van der Waals surface area contributed by atoms with Crippen LogP contribution in [0.5, 0.6) is 17.5 Å². The van der Waals surface area contributed by atoms with Gasteiger partial charge in [0.15, 0.2) is 5.82 Å². The number of amides is 20. The third-order valence-corrected chi connectivity index (χ3v) is 18.0. The van der Waals surface area contributed by atoms with Crippen LogP contribution in [0.1, 0.15) is 71.6 Å². The molecule has 0 unspecified atom stereocenters. The molecule has 12 heterocycles. The molecule has 0 spiro atoms. The molecule has 7 aliphatic rings. The fourth-order valence-corrected chi connectivity index (χ4v) is 11.9. The number of imide groups is 10. The van der Waals surface area contributed by atoms with Crippen LogP contribution in [0.4, 0.5) is 29.7 Å². The van der Waals surface area contributed by atoms with Gasteiger partial charge in [-0.05, 0) is 136 Å². The van der Waals surface area contributed by atoms with Gasteiger partial charge in [0, 0.05) is 110 Å². The second-order valence-electron chi connectivity index (χ2n) is 26.9. The lowest BCUT2D eigenvalue weighted by atomic mass is 10.1. The number of barbiturate groups is 5. The van der Waals surface area contributed by atoms with Crippen molar-refractivity contribution in [2.45, 2.75) is 33.1 Å². The summed E-state index contributed by atoms with van der Waals surface area (Å²) in [6.45, 7) is 7.83. The summed E-state index contributed by atoms with van der Waals surface area (Å²) in [5.41, 5.74) is 2.06. The minimum Gasteiger partial charge on any atom is -0.494 e. The Kier molecular flexibility index (Phi) is 32.6. The molecule has 0 aliphatic carbocycles. The molecule has 45 heteroatoms. The molecule has 20 amide bonds. The average molecular weight is 1760 g/mol. The molecule has 15 rings (SSSR count). The zero-order valence-corrected chi connectivity index (χ0v) is 68.6. The van der Waals surface area contributed by atoms with Gasteiger partial charge in [0.1, 0.15) is 49.7 Å². The lowest BCUT2D eigenvalue weighted by molar-refractivity contribution is -0.125. The SMILES string of the molecule is CCCN(CCC)c1ccc(C=C2C(=O)NC(=O)NC2=O)cc1.CN(C)CCCOc1ccc(C=C2C(=O)NC(=O)NC2=O)cc1.Cn1cc(C=C2C(=O)NC(=O)NC2=O)c2ccccc21.Cn1cccc1C=C1C(=O)NC(=O)NC1=O.O=C1NC(=O)C(=Cc2nccs2)C(=O)N1.O=c1[nH]c(O)c(C=C2C=CC=N2)c(=O)[nH]1.O=c1[nH]c(O)c(C=C2N=CC=N2)c(=O)[nH]1. The first-order chi connectivity index (χ1) is 60.6. The summed E-state index contributed by atoms with van der Waals surface area (Å²) in [6, 6.07) is 21.9. The Labute approximate surface area is 719 Å². The van der Waals surface area contributed by atoms with E-state index in [1.54, 1.807) is 84.2 Å². The van der Waals surface area contributed by atoms with Gasteiger partial charge in [-0.15, -0.1) is 11.3 Å². The van der Waals surface area contributed by atoms with Gasteiger partial charge in [0.05, 0.1) is 12.3 Å². The Morgan fingerprint density at radius 2 is 0.898 bits per heavy atom. The van der Waals surface area contributed by atoms with Crippen LogP contribution in [0.3, 0.4) is 0 Å². The molecule has 3 aromatic carbocycles. The van der Waals surface area contributed by atoms with Crippen molar-refractivity contribution in [1.82, 2.24) is 92.1 Å². The summed E-state index contributed by atoms with van der Waals surface area (Å²) in [5, 5.41) is 42.0. The first kappa shape index (κ1) is 93.5. The lowest BCUT2D eigenvalue weighted by Crippen LogP contribution is -2.51. The van der Waals surface area contributed by atoms with E-state index in [2.05, 4.69) is 59.2 Å². The molecule has 0 saturated carbocycles. The van der Waals surface area contributed by atoms with Gasteiger partial charge in [-0.25, -0.2) is 48.5 Å². The third kappa shape index (κ3) is 27.1.